The summed E-state index contributed by atoms with van der Waals surface area (Å²) in [5.41, 5.74) is 5.38. The van der Waals surface area contributed by atoms with Crippen LogP contribution in [0.5, 0.6) is 5.75 Å². The number of hydrogen-bond donors (Lipinski definition) is 1. The summed E-state index contributed by atoms with van der Waals surface area (Å²) in [5.74, 6) is 0.0936. The number of alkyl carbamates (subject to hydrolysis) is 1. The smallest absolute Gasteiger partial charge is 0.407 e. The van der Waals surface area contributed by atoms with Crippen LogP contribution >= 0.6 is 0 Å². The summed E-state index contributed by atoms with van der Waals surface area (Å²) < 4.78 is 24.0. The van der Waals surface area contributed by atoms with Gasteiger partial charge in [0.2, 0.25) is 0 Å². The van der Waals surface area contributed by atoms with E-state index >= 15 is 0 Å². The van der Waals surface area contributed by atoms with Gasteiger partial charge in [0.05, 0.1) is 7.11 Å². The van der Waals surface area contributed by atoms with Gasteiger partial charge in [-0.3, -0.25) is 0 Å². The second kappa shape index (κ2) is 8.82. The summed E-state index contributed by atoms with van der Waals surface area (Å²) in [6.07, 6.45) is 2.96. The molecule has 3 aromatic rings. The van der Waals surface area contributed by atoms with E-state index in [0.29, 0.717) is 11.3 Å². The van der Waals surface area contributed by atoms with Gasteiger partial charge >= 0.3 is 6.09 Å². The fraction of sp³-hybridized carbons (Fsp3) is 0.160. The summed E-state index contributed by atoms with van der Waals surface area (Å²) in [6.45, 7) is 0.542. The first-order chi connectivity index (χ1) is 14.7. The second-order valence-electron chi connectivity index (χ2n) is 7.03. The van der Waals surface area contributed by atoms with Crippen molar-refractivity contribution in [3.8, 4) is 16.9 Å². The predicted octanol–water partition coefficient (Wildman–Crippen LogP) is 5.39. The predicted molar refractivity (Wildman–Crippen MR) is 115 cm³/mol. The lowest BCUT2D eigenvalue weighted by Crippen LogP contribution is -2.26. The maximum absolute atomic E-state index is 13.5. The zero-order valence-corrected chi connectivity index (χ0v) is 16.6. The first-order valence-electron chi connectivity index (χ1n) is 9.75. The average molecular weight is 403 g/mol. The third-order valence-corrected chi connectivity index (χ3v) is 5.15. The number of methoxy groups -OCH3 is 1. The summed E-state index contributed by atoms with van der Waals surface area (Å²) in [7, 11) is 1.49. The van der Waals surface area contributed by atoms with Gasteiger partial charge in [0.25, 0.3) is 0 Å². The molecule has 0 bridgehead atoms. The molecule has 152 valence electrons. The summed E-state index contributed by atoms with van der Waals surface area (Å²) in [5, 5.41) is 2.70. The molecular weight excluding hydrogens is 381 g/mol. The number of hydrogen-bond acceptors (Lipinski definition) is 3. The van der Waals surface area contributed by atoms with E-state index in [1.807, 2.05) is 24.3 Å². The Morgan fingerprint density at radius 2 is 1.70 bits per heavy atom. The van der Waals surface area contributed by atoms with E-state index in [1.54, 1.807) is 18.2 Å². The van der Waals surface area contributed by atoms with Gasteiger partial charge < -0.3 is 14.8 Å². The Hall–Kier alpha value is -3.60. The fourth-order valence-corrected chi connectivity index (χ4v) is 3.79. The van der Waals surface area contributed by atoms with Gasteiger partial charge in [0, 0.05) is 18.5 Å². The van der Waals surface area contributed by atoms with Crippen LogP contribution in [0, 0.1) is 5.82 Å². The van der Waals surface area contributed by atoms with Gasteiger partial charge in [-0.15, -0.1) is 0 Å². The highest BCUT2D eigenvalue weighted by Crippen LogP contribution is 2.44. The Bertz CT molecular complexity index is 1050. The standard InChI is InChI=1S/C25H22FNO3/c1-29-19-14-17(13-18(26)15-19)7-6-12-27-25(28)30-16-24-22-10-4-2-8-20(22)21-9-3-5-11-23(21)24/h2-11,13-15,24H,12,16H2,1H3,(H,27,28). The molecule has 30 heavy (non-hydrogen) atoms. The minimum absolute atomic E-state index is 0.0263. The zero-order chi connectivity index (χ0) is 20.9. The van der Waals surface area contributed by atoms with Gasteiger partial charge in [-0.2, -0.15) is 0 Å². The molecule has 1 aliphatic rings. The molecule has 0 aromatic heterocycles. The maximum atomic E-state index is 13.5. The Morgan fingerprint density at radius 1 is 1.03 bits per heavy atom. The lowest BCUT2D eigenvalue weighted by atomic mass is 9.98. The van der Waals surface area contributed by atoms with Crippen LogP contribution in [0.15, 0.2) is 72.8 Å². The van der Waals surface area contributed by atoms with Gasteiger partial charge in [-0.1, -0.05) is 60.7 Å². The van der Waals surface area contributed by atoms with Crippen LogP contribution in [0.2, 0.25) is 0 Å². The van der Waals surface area contributed by atoms with Crippen molar-refractivity contribution in [2.45, 2.75) is 5.92 Å². The molecule has 0 spiro atoms. The van der Waals surface area contributed by atoms with Crippen LogP contribution in [0.4, 0.5) is 9.18 Å². The van der Waals surface area contributed by atoms with E-state index in [0.717, 1.165) is 0 Å². The van der Waals surface area contributed by atoms with Crippen LogP contribution in [0.1, 0.15) is 22.6 Å². The molecule has 3 aromatic carbocycles. The quantitative estimate of drug-likeness (QED) is 0.601. The van der Waals surface area contributed by atoms with E-state index < -0.39 is 6.09 Å². The number of halogens is 1. The SMILES string of the molecule is COc1cc(F)cc(C=CCNC(=O)OCC2c3ccccc3-c3ccccc32)c1. The Balaban J connectivity index is 1.33. The molecule has 1 aliphatic carbocycles. The third-order valence-electron chi connectivity index (χ3n) is 5.15. The molecule has 4 rings (SSSR count). The fourth-order valence-electron chi connectivity index (χ4n) is 3.79. The number of amides is 1. The molecular formula is C25H22FNO3. The van der Waals surface area contributed by atoms with Crippen molar-refractivity contribution in [1.29, 1.82) is 0 Å². The van der Waals surface area contributed by atoms with Gasteiger partial charge in [0.15, 0.2) is 0 Å². The molecule has 0 saturated heterocycles. The Labute approximate surface area is 175 Å². The van der Waals surface area contributed by atoms with Crippen molar-refractivity contribution in [2.24, 2.45) is 0 Å². The topological polar surface area (TPSA) is 47.6 Å². The number of fused-ring (bicyclic) bond motifs is 3. The number of carbonyl (C=O) groups is 1. The summed E-state index contributed by atoms with van der Waals surface area (Å²) in [4.78, 5) is 12.1. The number of benzene rings is 3. The maximum Gasteiger partial charge on any atom is 0.407 e. The molecule has 0 heterocycles. The molecule has 0 radical (unpaired) electrons. The van der Waals surface area contributed by atoms with Crippen molar-refractivity contribution in [3.05, 3.63) is 95.3 Å². The molecule has 1 N–H and O–H groups in total. The van der Waals surface area contributed by atoms with Crippen LogP contribution in [-0.2, 0) is 4.74 Å². The normalized spacial score (nSPS) is 12.5. The lowest BCUT2D eigenvalue weighted by molar-refractivity contribution is 0.144. The van der Waals surface area contributed by atoms with Crippen LogP contribution in [0.3, 0.4) is 0 Å². The number of ether oxygens (including phenoxy) is 2. The van der Waals surface area contributed by atoms with E-state index in [2.05, 4.69) is 29.6 Å². The summed E-state index contributed by atoms with van der Waals surface area (Å²) >= 11 is 0. The second-order valence-corrected chi connectivity index (χ2v) is 7.03. The monoisotopic (exact) mass is 403 g/mol. The molecule has 0 fully saturated rings. The molecule has 0 saturated carbocycles. The van der Waals surface area contributed by atoms with Crippen molar-refractivity contribution >= 4 is 12.2 Å². The minimum atomic E-state index is -0.488. The van der Waals surface area contributed by atoms with E-state index in [4.69, 9.17) is 9.47 Å². The van der Waals surface area contributed by atoms with Gasteiger partial charge in [-0.05, 0) is 39.9 Å². The largest absolute Gasteiger partial charge is 0.497 e. The highest BCUT2D eigenvalue weighted by atomic mass is 19.1. The first-order valence-corrected chi connectivity index (χ1v) is 9.75. The van der Waals surface area contributed by atoms with Crippen molar-refractivity contribution < 1.29 is 18.7 Å². The highest BCUT2D eigenvalue weighted by molar-refractivity contribution is 5.79. The Morgan fingerprint density at radius 3 is 2.37 bits per heavy atom. The Kier molecular flexibility index (Phi) is 5.80. The van der Waals surface area contributed by atoms with Crippen molar-refractivity contribution in [2.75, 3.05) is 20.3 Å². The third kappa shape index (κ3) is 4.20. The molecule has 0 atom stereocenters. The number of carbonyl (C=O) groups excluding carboxylic acids is 1. The van der Waals surface area contributed by atoms with Crippen molar-refractivity contribution in [3.63, 3.8) is 0 Å². The van der Waals surface area contributed by atoms with E-state index in [1.165, 1.54) is 41.5 Å². The summed E-state index contributed by atoms with van der Waals surface area (Å²) in [6, 6.07) is 20.8. The highest BCUT2D eigenvalue weighted by Gasteiger charge is 2.28. The number of nitrogens with one attached hydrogen (secondary N) is 1. The van der Waals surface area contributed by atoms with Gasteiger partial charge in [-0.25, -0.2) is 9.18 Å². The molecule has 0 aliphatic heterocycles. The minimum Gasteiger partial charge on any atom is -0.497 e. The molecule has 5 heteroatoms. The number of rotatable bonds is 6. The molecule has 0 unspecified atom stereocenters. The van der Waals surface area contributed by atoms with E-state index in [9.17, 15) is 9.18 Å². The van der Waals surface area contributed by atoms with Crippen molar-refractivity contribution in [1.82, 2.24) is 5.32 Å². The first kappa shape index (κ1) is 19.7. The molecule has 4 nitrogen and oxygen atoms in total. The lowest BCUT2D eigenvalue weighted by Gasteiger charge is -2.14. The van der Waals surface area contributed by atoms with Crippen LogP contribution in [-0.4, -0.2) is 26.4 Å². The van der Waals surface area contributed by atoms with Crippen LogP contribution < -0.4 is 10.1 Å². The van der Waals surface area contributed by atoms with Gasteiger partial charge in [0.1, 0.15) is 18.2 Å². The molecule has 1 amide bonds. The average Bonchev–Trinajstić information content (AvgIpc) is 3.09. The van der Waals surface area contributed by atoms with Crippen LogP contribution in [0.25, 0.3) is 17.2 Å². The zero-order valence-electron chi connectivity index (χ0n) is 16.6. The van der Waals surface area contributed by atoms with E-state index in [-0.39, 0.29) is 24.9 Å².